The van der Waals surface area contributed by atoms with Gasteiger partial charge in [0.05, 0.1) is 12.0 Å². The number of terminal acetylenes is 1. The SMILES string of the molecule is C#CCOCCOC(=O)C(C)(C)CC. The van der Waals surface area contributed by atoms with Gasteiger partial charge in [-0.2, -0.15) is 0 Å². The summed E-state index contributed by atoms with van der Waals surface area (Å²) in [6.45, 7) is 6.56. The lowest BCUT2D eigenvalue weighted by Crippen LogP contribution is -2.27. The highest BCUT2D eigenvalue weighted by Gasteiger charge is 2.26. The number of carbonyl (C=O) groups excluding carboxylic acids is 1. The third-order valence-corrected chi connectivity index (χ3v) is 2.08. The number of esters is 1. The van der Waals surface area contributed by atoms with E-state index < -0.39 is 5.41 Å². The average Bonchev–Trinajstić information content (AvgIpc) is 2.17. The number of hydrogen-bond acceptors (Lipinski definition) is 3. The maximum absolute atomic E-state index is 11.4. The molecule has 0 aromatic heterocycles. The molecule has 0 fully saturated rings. The Balaban J connectivity index is 3.60. The predicted octanol–water partition coefficient (Wildman–Crippen LogP) is 1.62. The molecular weight excluding hydrogens is 180 g/mol. The summed E-state index contributed by atoms with van der Waals surface area (Å²) in [7, 11) is 0. The minimum atomic E-state index is -0.411. The van der Waals surface area contributed by atoms with Crippen molar-refractivity contribution in [2.24, 2.45) is 5.41 Å². The van der Waals surface area contributed by atoms with Gasteiger partial charge in [0, 0.05) is 0 Å². The van der Waals surface area contributed by atoms with E-state index in [1.807, 2.05) is 20.8 Å². The lowest BCUT2D eigenvalue weighted by atomic mass is 9.91. The number of hydrogen-bond donors (Lipinski definition) is 0. The van der Waals surface area contributed by atoms with E-state index in [0.29, 0.717) is 6.61 Å². The first-order valence-corrected chi connectivity index (χ1v) is 4.73. The maximum atomic E-state index is 11.4. The topological polar surface area (TPSA) is 35.5 Å². The summed E-state index contributed by atoms with van der Waals surface area (Å²) in [4.78, 5) is 11.4. The quantitative estimate of drug-likeness (QED) is 0.369. The highest BCUT2D eigenvalue weighted by atomic mass is 16.6. The van der Waals surface area contributed by atoms with Crippen molar-refractivity contribution < 1.29 is 14.3 Å². The molecule has 0 aromatic carbocycles. The van der Waals surface area contributed by atoms with Gasteiger partial charge >= 0.3 is 5.97 Å². The molecule has 80 valence electrons. The molecular formula is C11H18O3. The van der Waals surface area contributed by atoms with Crippen LogP contribution < -0.4 is 0 Å². The van der Waals surface area contributed by atoms with Gasteiger partial charge in [0.1, 0.15) is 13.2 Å². The highest BCUT2D eigenvalue weighted by Crippen LogP contribution is 2.21. The van der Waals surface area contributed by atoms with Crippen molar-refractivity contribution in [3.05, 3.63) is 0 Å². The molecule has 0 atom stereocenters. The van der Waals surface area contributed by atoms with Gasteiger partial charge in [0.15, 0.2) is 0 Å². The van der Waals surface area contributed by atoms with Gasteiger partial charge in [-0.15, -0.1) is 6.42 Å². The van der Waals surface area contributed by atoms with Crippen LogP contribution in [0.15, 0.2) is 0 Å². The molecule has 0 aromatic rings. The third-order valence-electron chi connectivity index (χ3n) is 2.08. The molecule has 0 spiro atoms. The normalized spacial score (nSPS) is 10.7. The second-order valence-electron chi connectivity index (χ2n) is 3.63. The summed E-state index contributed by atoms with van der Waals surface area (Å²) in [6, 6.07) is 0. The van der Waals surface area contributed by atoms with Crippen LogP contribution in [0.5, 0.6) is 0 Å². The molecule has 14 heavy (non-hydrogen) atoms. The largest absolute Gasteiger partial charge is 0.463 e. The maximum Gasteiger partial charge on any atom is 0.311 e. The van der Waals surface area contributed by atoms with Crippen molar-refractivity contribution in [3.8, 4) is 12.3 Å². The molecule has 3 nitrogen and oxygen atoms in total. The molecule has 0 saturated carbocycles. The van der Waals surface area contributed by atoms with E-state index in [4.69, 9.17) is 15.9 Å². The van der Waals surface area contributed by atoms with Crippen LogP contribution in [0, 0.1) is 17.8 Å². The molecule has 0 heterocycles. The van der Waals surface area contributed by atoms with Crippen molar-refractivity contribution in [2.45, 2.75) is 27.2 Å². The van der Waals surface area contributed by atoms with Crippen LogP contribution in [0.1, 0.15) is 27.2 Å². The van der Waals surface area contributed by atoms with Gasteiger partial charge < -0.3 is 9.47 Å². The summed E-state index contributed by atoms with van der Waals surface area (Å²) < 4.78 is 9.98. The first-order valence-electron chi connectivity index (χ1n) is 4.73. The molecule has 0 aliphatic heterocycles. The third kappa shape index (κ3) is 4.88. The Morgan fingerprint density at radius 3 is 2.57 bits per heavy atom. The van der Waals surface area contributed by atoms with Gasteiger partial charge in [-0.1, -0.05) is 12.8 Å². The summed E-state index contributed by atoms with van der Waals surface area (Å²) in [5.74, 6) is 2.14. The van der Waals surface area contributed by atoms with Crippen molar-refractivity contribution in [1.29, 1.82) is 0 Å². The number of ether oxygens (including phenoxy) is 2. The fourth-order valence-electron chi connectivity index (χ4n) is 0.664. The Hall–Kier alpha value is -1.01. The molecule has 0 radical (unpaired) electrons. The zero-order valence-electron chi connectivity index (χ0n) is 9.13. The Morgan fingerprint density at radius 1 is 1.43 bits per heavy atom. The Labute approximate surface area is 85.8 Å². The minimum absolute atomic E-state index is 0.190. The van der Waals surface area contributed by atoms with Crippen LogP contribution in [0.4, 0.5) is 0 Å². The molecule has 3 heteroatoms. The second kappa shape index (κ2) is 6.44. The summed E-state index contributed by atoms with van der Waals surface area (Å²) in [6.07, 6.45) is 5.74. The monoisotopic (exact) mass is 198 g/mol. The zero-order valence-corrected chi connectivity index (χ0v) is 9.13. The molecule has 0 amide bonds. The Bertz CT molecular complexity index is 213. The minimum Gasteiger partial charge on any atom is -0.463 e. The van der Waals surface area contributed by atoms with Crippen LogP contribution in [0.2, 0.25) is 0 Å². The first kappa shape index (κ1) is 13.0. The Kier molecular flexibility index (Phi) is 5.98. The van der Waals surface area contributed by atoms with E-state index in [2.05, 4.69) is 5.92 Å². The molecule has 0 N–H and O–H groups in total. The second-order valence-corrected chi connectivity index (χ2v) is 3.63. The van der Waals surface area contributed by atoms with Crippen LogP contribution >= 0.6 is 0 Å². The highest BCUT2D eigenvalue weighted by molar-refractivity contribution is 5.75. The van der Waals surface area contributed by atoms with Gasteiger partial charge in [-0.3, -0.25) is 4.79 Å². The molecule has 0 aliphatic rings. The van der Waals surface area contributed by atoms with Gasteiger partial charge in [-0.05, 0) is 20.3 Å². The molecule has 0 aliphatic carbocycles. The van der Waals surface area contributed by atoms with Crippen molar-refractivity contribution in [3.63, 3.8) is 0 Å². The average molecular weight is 198 g/mol. The van der Waals surface area contributed by atoms with Crippen molar-refractivity contribution in [1.82, 2.24) is 0 Å². The zero-order chi connectivity index (χ0) is 11.0. The molecule has 0 rings (SSSR count). The van der Waals surface area contributed by atoms with Gasteiger partial charge in [0.2, 0.25) is 0 Å². The van der Waals surface area contributed by atoms with E-state index in [-0.39, 0.29) is 19.2 Å². The van der Waals surface area contributed by atoms with E-state index >= 15 is 0 Å². The molecule has 0 bridgehead atoms. The number of rotatable bonds is 6. The Morgan fingerprint density at radius 2 is 2.07 bits per heavy atom. The summed E-state index contributed by atoms with van der Waals surface area (Å²) in [5.41, 5.74) is -0.411. The van der Waals surface area contributed by atoms with Crippen LogP contribution in [0.25, 0.3) is 0 Å². The van der Waals surface area contributed by atoms with Crippen LogP contribution in [-0.2, 0) is 14.3 Å². The summed E-state index contributed by atoms with van der Waals surface area (Å²) in [5, 5.41) is 0. The van der Waals surface area contributed by atoms with Crippen molar-refractivity contribution in [2.75, 3.05) is 19.8 Å². The first-order chi connectivity index (χ1) is 6.54. The fourth-order valence-corrected chi connectivity index (χ4v) is 0.664. The van der Waals surface area contributed by atoms with Gasteiger partial charge in [-0.25, -0.2) is 0 Å². The smallest absolute Gasteiger partial charge is 0.311 e. The lowest BCUT2D eigenvalue weighted by Gasteiger charge is -2.20. The predicted molar refractivity (Wildman–Crippen MR) is 54.7 cm³/mol. The van der Waals surface area contributed by atoms with E-state index in [0.717, 1.165) is 6.42 Å². The standard InChI is InChI=1S/C11H18O3/c1-5-7-13-8-9-14-10(12)11(3,4)6-2/h1H,6-9H2,2-4H3. The van der Waals surface area contributed by atoms with Gasteiger partial charge in [0.25, 0.3) is 0 Å². The molecule has 0 saturated heterocycles. The molecule has 0 unspecified atom stereocenters. The van der Waals surface area contributed by atoms with E-state index in [1.165, 1.54) is 0 Å². The van der Waals surface area contributed by atoms with E-state index in [1.54, 1.807) is 0 Å². The van der Waals surface area contributed by atoms with Crippen molar-refractivity contribution >= 4 is 5.97 Å². The number of carbonyl (C=O) groups is 1. The van der Waals surface area contributed by atoms with E-state index in [9.17, 15) is 4.79 Å². The van der Waals surface area contributed by atoms with Crippen LogP contribution in [0.3, 0.4) is 0 Å². The lowest BCUT2D eigenvalue weighted by molar-refractivity contribution is -0.155. The summed E-state index contributed by atoms with van der Waals surface area (Å²) >= 11 is 0. The van der Waals surface area contributed by atoms with Crippen LogP contribution in [-0.4, -0.2) is 25.8 Å². The fraction of sp³-hybridized carbons (Fsp3) is 0.727.